The normalized spacial score (nSPS) is 15.1. The molecular weight excluding hydrogens is 320 g/mol. The van der Waals surface area contributed by atoms with Crippen LogP contribution in [0, 0.1) is 6.92 Å². The van der Waals surface area contributed by atoms with Crippen LogP contribution in [0.1, 0.15) is 12.5 Å². The van der Waals surface area contributed by atoms with Crippen molar-refractivity contribution in [3.8, 4) is 0 Å². The summed E-state index contributed by atoms with van der Waals surface area (Å²) in [5, 5.41) is 10.3. The maximum Gasteiger partial charge on any atom is 0.240 e. The predicted molar refractivity (Wildman–Crippen MR) is 84.8 cm³/mol. The van der Waals surface area contributed by atoms with Gasteiger partial charge in [0.05, 0.1) is 10.5 Å². The Kier molecular flexibility index (Phi) is 5.74. The number of nitrogens with one attached hydrogen (secondary N) is 1. The van der Waals surface area contributed by atoms with Crippen molar-refractivity contribution >= 4 is 39.1 Å². The van der Waals surface area contributed by atoms with Gasteiger partial charge < -0.3 is 10.8 Å². The smallest absolute Gasteiger partial charge is 0.240 e. The SMILES string of the molecule is CSCC(C)(O)CNS(=O)(=O)c1cc(N)c(C)c(Cl)c1. The van der Waals surface area contributed by atoms with Crippen molar-refractivity contribution in [1.29, 1.82) is 0 Å². The fourth-order valence-electron chi connectivity index (χ4n) is 1.53. The first-order valence-corrected chi connectivity index (χ1v) is 9.11. The highest BCUT2D eigenvalue weighted by Crippen LogP contribution is 2.26. The molecule has 1 unspecified atom stereocenters. The lowest BCUT2D eigenvalue weighted by Gasteiger charge is -2.22. The molecule has 5 nitrogen and oxygen atoms in total. The van der Waals surface area contributed by atoms with E-state index in [1.807, 2.05) is 6.26 Å². The Balaban J connectivity index is 2.95. The van der Waals surface area contributed by atoms with Gasteiger partial charge in [0, 0.05) is 23.0 Å². The average Bonchev–Trinajstić information content (AvgIpc) is 2.33. The number of hydrogen-bond acceptors (Lipinski definition) is 5. The zero-order valence-electron chi connectivity index (χ0n) is 11.6. The molecule has 0 aliphatic heterocycles. The highest BCUT2D eigenvalue weighted by Gasteiger charge is 2.24. The minimum absolute atomic E-state index is 0.00875. The molecule has 1 aromatic carbocycles. The monoisotopic (exact) mass is 338 g/mol. The van der Waals surface area contributed by atoms with Crippen molar-refractivity contribution in [3.63, 3.8) is 0 Å². The quantitative estimate of drug-likeness (QED) is 0.685. The fraction of sp³-hybridized carbons (Fsp3) is 0.500. The first-order valence-electron chi connectivity index (χ1n) is 5.86. The number of nitrogens with two attached hydrogens (primary N) is 1. The molecule has 0 saturated carbocycles. The third-order valence-corrected chi connectivity index (χ3v) is 5.45. The lowest BCUT2D eigenvalue weighted by atomic mass is 10.1. The van der Waals surface area contributed by atoms with E-state index in [0.717, 1.165) is 0 Å². The van der Waals surface area contributed by atoms with E-state index in [4.69, 9.17) is 17.3 Å². The van der Waals surface area contributed by atoms with Crippen LogP contribution in [-0.2, 0) is 10.0 Å². The third kappa shape index (κ3) is 4.53. The lowest BCUT2D eigenvalue weighted by molar-refractivity contribution is 0.0908. The first-order chi connectivity index (χ1) is 9.09. The van der Waals surface area contributed by atoms with Crippen LogP contribution in [0.2, 0.25) is 5.02 Å². The molecule has 0 heterocycles. The zero-order chi connectivity index (χ0) is 15.6. The number of benzene rings is 1. The summed E-state index contributed by atoms with van der Waals surface area (Å²) in [6.45, 7) is 3.20. The van der Waals surface area contributed by atoms with Gasteiger partial charge in [0.1, 0.15) is 0 Å². The molecule has 0 aliphatic carbocycles. The number of halogens is 1. The Labute approximate surface area is 128 Å². The van der Waals surface area contributed by atoms with Crippen LogP contribution < -0.4 is 10.5 Å². The summed E-state index contributed by atoms with van der Waals surface area (Å²) in [5.41, 5.74) is 5.55. The van der Waals surface area contributed by atoms with Gasteiger partial charge in [-0.05, 0) is 37.8 Å². The van der Waals surface area contributed by atoms with Crippen molar-refractivity contribution < 1.29 is 13.5 Å². The lowest BCUT2D eigenvalue weighted by Crippen LogP contribution is -2.42. The minimum Gasteiger partial charge on any atom is -0.398 e. The zero-order valence-corrected chi connectivity index (χ0v) is 14.0. The summed E-state index contributed by atoms with van der Waals surface area (Å²) >= 11 is 7.38. The number of thioether (sulfide) groups is 1. The van der Waals surface area contributed by atoms with Crippen molar-refractivity contribution in [2.75, 3.05) is 24.3 Å². The molecule has 0 spiro atoms. The Morgan fingerprint density at radius 2 is 2.10 bits per heavy atom. The van der Waals surface area contributed by atoms with Crippen LogP contribution >= 0.6 is 23.4 Å². The van der Waals surface area contributed by atoms with Gasteiger partial charge in [-0.3, -0.25) is 0 Å². The van der Waals surface area contributed by atoms with E-state index in [2.05, 4.69) is 4.72 Å². The Morgan fingerprint density at radius 1 is 1.50 bits per heavy atom. The van der Waals surface area contributed by atoms with Crippen LogP contribution in [0.25, 0.3) is 0 Å². The molecule has 0 radical (unpaired) electrons. The van der Waals surface area contributed by atoms with E-state index in [1.165, 1.54) is 23.9 Å². The Hall–Kier alpha value is -0.470. The number of rotatable bonds is 6. The Bertz CT molecular complexity index is 565. The van der Waals surface area contributed by atoms with Gasteiger partial charge in [0.25, 0.3) is 0 Å². The van der Waals surface area contributed by atoms with E-state index < -0.39 is 15.6 Å². The van der Waals surface area contributed by atoms with Gasteiger partial charge in [-0.1, -0.05) is 11.6 Å². The number of nitrogen functional groups attached to an aromatic ring is 1. The third-order valence-electron chi connectivity index (χ3n) is 2.77. The molecule has 0 fully saturated rings. The summed E-state index contributed by atoms with van der Waals surface area (Å²) in [6.07, 6.45) is 1.84. The maximum atomic E-state index is 12.2. The van der Waals surface area contributed by atoms with Gasteiger partial charge in [-0.15, -0.1) is 0 Å². The molecule has 0 bridgehead atoms. The summed E-state index contributed by atoms with van der Waals surface area (Å²) in [7, 11) is -3.76. The summed E-state index contributed by atoms with van der Waals surface area (Å²) in [5.74, 6) is 0.423. The van der Waals surface area contributed by atoms with Crippen molar-refractivity contribution in [2.24, 2.45) is 0 Å². The summed E-state index contributed by atoms with van der Waals surface area (Å²) in [6, 6.07) is 2.70. The molecule has 4 N–H and O–H groups in total. The van der Waals surface area contributed by atoms with Gasteiger partial charge in [-0.2, -0.15) is 11.8 Å². The van der Waals surface area contributed by atoms with Crippen LogP contribution in [0.5, 0.6) is 0 Å². The summed E-state index contributed by atoms with van der Waals surface area (Å²) in [4.78, 5) is -0.00875. The standard InChI is InChI=1S/C12H19ClN2O3S2/c1-8-10(13)4-9(5-11(8)14)20(17,18)15-6-12(2,16)7-19-3/h4-5,15-16H,6-7,14H2,1-3H3. The molecule has 1 atom stereocenters. The van der Waals surface area contributed by atoms with Gasteiger partial charge in [0.2, 0.25) is 10.0 Å². The minimum atomic E-state index is -3.76. The second kappa shape index (κ2) is 6.53. The van der Waals surface area contributed by atoms with Crippen molar-refractivity contribution in [2.45, 2.75) is 24.3 Å². The molecule has 0 saturated heterocycles. The second-order valence-electron chi connectivity index (χ2n) is 4.87. The predicted octanol–water partition coefficient (Wildman–Crippen LogP) is 1.62. The molecule has 0 aromatic heterocycles. The molecule has 1 rings (SSSR count). The average molecular weight is 339 g/mol. The van der Waals surface area contributed by atoms with E-state index in [-0.39, 0.29) is 11.4 Å². The topological polar surface area (TPSA) is 92.4 Å². The Morgan fingerprint density at radius 3 is 2.60 bits per heavy atom. The van der Waals surface area contributed by atoms with Crippen molar-refractivity contribution in [1.82, 2.24) is 4.72 Å². The fourth-order valence-corrected chi connectivity index (χ4v) is 3.76. The summed E-state index contributed by atoms with van der Waals surface area (Å²) < 4.78 is 26.7. The highest BCUT2D eigenvalue weighted by atomic mass is 35.5. The van der Waals surface area contributed by atoms with Crippen LogP contribution in [-0.4, -0.2) is 37.7 Å². The molecule has 114 valence electrons. The van der Waals surface area contributed by atoms with E-state index in [1.54, 1.807) is 13.8 Å². The van der Waals surface area contributed by atoms with Crippen LogP contribution in [0.4, 0.5) is 5.69 Å². The maximum absolute atomic E-state index is 12.2. The number of sulfonamides is 1. The first kappa shape index (κ1) is 17.6. The molecular formula is C12H19ClN2O3S2. The molecule has 0 amide bonds. The number of aliphatic hydroxyl groups is 1. The van der Waals surface area contributed by atoms with Gasteiger partial charge in [-0.25, -0.2) is 13.1 Å². The molecule has 0 aliphatic rings. The highest BCUT2D eigenvalue weighted by molar-refractivity contribution is 7.98. The van der Waals surface area contributed by atoms with Crippen LogP contribution in [0.3, 0.4) is 0 Å². The molecule has 8 heteroatoms. The second-order valence-corrected chi connectivity index (χ2v) is 7.91. The van der Waals surface area contributed by atoms with E-state index in [9.17, 15) is 13.5 Å². The molecule has 1 aromatic rings. The van der Waals surface area contributed by atoms with E-state index in [0.29, 0.717) is 22.0 Å². The van der Waals surface area contributed by atoms with Crippen LogP contribution in [0.15, 0.2) is 17.0 Å². The largest absolute Gasteiger partial charge is 0.398 e. The van der Waals surface area contributed by atoms with Crippen molar-refractivity contribution in [3.05, 3.63) is 22.7 Å². The number of hydrogen-bond donors (Lipinski definition) is 3. The van der Waals surface area contributed by atoms with Gasteiger partial charge in [0.15, 0.2) is 0 Å². The number of anilines is 1. The van der Waals surface area contributed by atoms with Gasteiger partial charge >= 0.3 is 0 Å². The molecule has 20 heavy (non-hydrogen) atoms. The van der Waals surface area contributed by atoms with E-state index >= 15 is 0 Å².